The fourth-order valence-electron chi connectivity index (χ4n) is 9.28. The molecule has 4 amide bonds. The van der Waals surface area contributed by atoms with E-state index >= 15 is 0 Å². The highest BCUT2D eigenvalue weighted by molar-refractivity contribution is 5.91. The zero-order chi connectivity index (χ0) is 43.8. The number of methoxy groups -OCH3 is 2. The Kier molecular flexibility index (Phi) is 11.2. The van der Waals surface area contributed by atoms with Gasteiger partial charge < -0.3 is 39.9 Å². The van der Waals surface area contributed by atoms with Crippen molar-refractivity contribution < 1.29 is 28.7 Å². The molecule has 3 fully saturated rings. The first-order valence-electron chi connectivity index (χ1n) is 21.6. The summed E-state index contributed by atoms with van der Waals surface area (Å²) in [6.07, 6.45) is 6.96. The summed E-state index contributed by atoms with van der Waals surface area (Å²) in [6, 6.07) is 28.3. The van der Waals surface area contributed by atoms with Crippen LogP contribution in [0.1, 0.15) is 81.3 Å². The van der Waals surface area contributed by atoms with Crippen molar-refractivity contribution in [1.29, 1.82) is 0 Å². The van der Waals surface area contributed by atoms with Gasteiger partial charge >= 0.3 is 12.2 Å². The number of likely N-dealkylation sites (tertiary alicyclic amines) is 2. The first kappa shape index (κ1) is 41.4. The van der Waals surface area contributed by atoms with Crippen LogP contribution in [0.2, 0.25) is 0 Å². The lowest BCUT2D eigenvalue weighted by molar-refractivity contribution is -0.136. The van der Waals surface area contributed by atoms with Crippen molar-refractivity contribution in [3.8, 4) is 33.6 Å². The molecule has 0 radical (unpaired) electrons. The first-order valence-corrected chi connectivity index (χ1v) is 21.6. The summed E-state index contributed by atoms with van der Waals surface area (Å²) in [7, 11) is 2.59. The number of ether oxygens (including phenoxy) is 2. The monoisotopic (exact) mass is 848 g/mol. The normalized spacial score (nSPS) is 18.7. The number of alkyl carbamates (subject to hydrolysis) is 2. The van der Waals surface area contributed by atoms with Gasteiger partial charge in [0.15, 0.2) is 0 Å². The van der Waals surface area contributed by atoms with Crippen LogP contribution in [0, 0.1) is 11.3 Å². The number of nitrogens with one attached hydrogen (secondary N) is 4. The van der Waals surface area contributed by atoms with Crippen molar-refractivity contribution in [2.24, 2.45) is 11.3 Å². The number of benzene rings is 4. The third-order valence-corrected chi connectivity index (χ3v) is 13.0. The number of hydrogen-bond acceptors (Lipinski definition) is 8. The number of aromatic amines is 2. The van der Waals surface area contributed by atoms with E-state index in [1.165, 1.54) is 14.2 Å². The van der Waals surface area contributed by atoms with Gasteiger partial charge in [-0.15, -0.1) is 0 Å². The molecule has 9 rings (SSSR count). The maximum Gasteiger partial charge on any atom is 0.407 e. The molecule has 2 aromatic heterocycles. The molecule has 4 heterocycles. The molecular weight excluding hydrogens is 797 g/mol. The highest BCUT2D eigenvalue weighted by atomic mass is 16.5. The second-order valence-corrected chi connectivity index (χ2v) is 17.4. The van der Waals surface area contributed by atoms with E-state index in [0.29, 0.717) is 24.5 Å². The number of hydrogen-bond donors (Lipinski definition) is 4. The molecule has 4 unspecified atom stereocenters. The van der Waals surface area contributed by atoms with Crippen LogP contribution in [0.4, 0.5) is 9.59 Å². The van der Waals surface area contributed by atoms with Crippen LogP contribution in [-0.4, -0.2) is 87.1 Å². The highest BCUT2D eigenvalue weighted by Crippen LogP contribution is 2.58. The SMILES string of the molecule is COC(=O)NC(C(=O)N1CCCC1c1ncc(-c2ccc3cc(-c4ccc(-c5cnc(C6CC7(CC7)CN6C(=O)C(NC(=O)OC)C(C)C)[nH]5)cc4)ccc3c2)[nH]1)c1ccccc1. The summed E-state index contributed by atoms with van der Waals surface area (Å²) < 4.78 is 9.66. The van der Waals surface area contributed by atoms with E-state index in [-0.39, 0.29) is 35.2 Å². The van der Waals surface area contributed by atoms with E-state index in [0.717, 1.165) is 82.3 Å². The lowest BCUT2D eigenvalue weighted by Crippen LogP contribution is -2.51. The van der Waals surface area contributed by atoms with Crippen molar-refractivity contribution in [2.45, 2.75) is 70.1 Å². The van der Waals surface area contributed by atoms with Crippen LogP contribution in [-0.2, 0) is 19.1 Å². The van der Waals surface area contributed by atoms with Crippen LogP contribution in [0.5, 0.6) is 0 Å². The Hall–Kier alpha value is -6.96. The van der Waals surface area contributed by atoms with E-state index in [1.54, 1.807) is 4.90 Å². The quantitative estimate of drug-likeness (QED) is 0.100. The molecule has 6 aromatic rings. The summed E-state index contributed by atoms with van der Waals surface area (Å²) in [4.78, 5) is 72.5. The number of carbonyl (C=O) groups excluding carboxylic acids is 4. The lowest BCUT2D eigenvalue weighted by atomic mass is 9.98. The molecule has 1 spiro atoms. The fourth-order valence-corrected chi connectivity index (χ4v) is 9.28. The average Bonchev–Trinajstić information content (AvgIpc) is 3.85. The minimum absolute atomic E-state index is 0.107. The van der Waals surface area contributed by atoms with Gasteiger partial charge in [0.05, 0.1) is 50.1 Å². The van der Waals surface area contributed by atoms with E-state index in [4.69, 9.17) is 19.4 Å². The van der Waals surface area contributed by atoms with Crippen molar-refractivity contribution in [3.63, 3.8) is 0 Å². The van der Waals surface area contributed by atoms with Gasteiger partial charge in [0, 0.05) is 18.7 Å². The number of nitrogens with zero attached hydrogens (tertiary/aromatic N) is 4. The second kappa shape index (κ2) is 17.1. The molecule has 3 aliphatic rings. The number of fused-ring (bicyclic) bond motifs is 1. The zero-order valence-electron chi connectivity index (χ0n) is 35.9. The minimum atomic E-state index is -0.881. The van der Waals surface area contributed by atoms with Crippen molar-refractivity contribution in [3.05, 3.63) is 121 Å². The smallest absolute Gasteiger partial charge is 0.407 e. The Morgan fingerprint density at radius 2 is 1.29 bits per heavy atom. The molecule has 4 aromatic carbocycles. The number of amides is 4. The van der Waals surface area contributed by atoms with Gasteiger partial charge in [-0.3, -0.25) is 9.59 Å². The number of carbonyl (C=O) groups is 4. The molecule has 2 aliphatic heterocycles. The maximum atomic E-state index is 14.0. The van der Waals surface area contributed by atoms with E-state index in [1.807, 2.05) is 61.5 Å². The molecule has 1 aliphatic carbocycles. The van der Waals surface area contributed by atoms with Gasteiger partial charge in [0.25, 0.3) is 5.91 Å². The fraction of sp³-hybridized carbons (Fsp3) is 0.347. The van der Waals surface area contributed by atoms with Gasteiger partial charge in [-0.05, 0) is 88.6 Å². The van der Waals surface area contributed by atoms with Crippen molar-refractivity contribution >= 4 is 34.8 Å². The second-order valence-electron chi connectivity index (χ2n) is 17.4. The summed E-state index contributed by atoms with van der Waals surface area (Å²) in [5.74, 6) is 1.03. The van der Waals surface area contributed by atoms with Gasteiger partial charge in [0.2, 0.25) is 5.91 Å². The number of aromatic nitrogens is 4. The average molecular weight is 849 g/mol. The Balaban J connectivity index is 0.882. The maximum absolute atomic E-state index is 14.0. The molecule has 63 heavy (non-hydrogen) atoms. The molecule has 1 saturated carbocycles. The van der Waals surface area contributed by atoms with E-state index < -0.39 is 24.3 Å². The van der Waals surface area contributed by atoms with Crippen molar-refractivity contribution in [1.82, 2.24) is 40.4 Å². The zero-order valence-corrected chi connectivity index (χ0v) is 35.9. The highest BCUT2D eigenvalue weighted by Gasteiger charge is 2.55. The topological polar surface area (TPSA) is 175 Å². The largest absolute Gasteiger partial charge is 0.453 e. The van der Waals surface area contributed by atoms with Crippen LogP contribution >= 0.6 is 0 Å². The molecule has 14 heteroatoms. The Bertz CT molecular complexity index is 2650. The Morgan fingerprint density at radius 3 is 1.94 bits per heavy atom. The molecular formula is C49H52N8O6. The summed E-state index contributed by atoms with van der Waals surface area (Å²) in [5.41, 5.74) is 6.68. The predicted octanol–water partition coefficient (Wildman–Crippen LogP) is 8.48. The minimum Gasteiger partial charge on any atom is -0.453 e. The van der Waals surface area contributed by atoms with Crippen LogP contribution in [0.25, 0.3) is 44.4 Å². The van der Waals surface area contributed by atoms with Crippen LogP contribution in [0.15, 0.2) is 103 Å². The van der Waals surface area contributed by atoms with Gasteiger partial charge in [-0.25, -0.2) is 19.6 Å². The molecule has 4 atom stereocenters. The number of imidazole rings is 2. The van der Waals surface area contributed by atoms with Crippen LogP contribution < -0.4 is 10.6 Å². The molecule has 0 bridgehead atoms. The standard InChI is InChI=1S/C49H52N8O6/c1-29(2)41(54-47(60)62-3)45(58)57-28-49(20-21-49)25-40(57)44-51-26-37(52-44)31-14-12-30(13-15-31)33-16-17-35-24-36(19-18-34(35)23-33)38-27-50-43(53-38)39-11-8-22-56(39)46(59)42(55-48(61)63-4)32-9-6-5-7-10-32/h5-7,9-10,12-19,23-24,26-27,29,39-42H,8,11,20-22,25,28H2,1-4H3,(H,50,53)(H,51,52)(H,54,60)(H,55,61). The molecule has 324 valence electrons. The molecule has 4 N–H and O–H groups in total. The molecule has 14 nitrogen and oxygen atoms in total. The summed E-state index contributed by atoms with van der Waals surface area (Å²) >= 11 is 0. The predicted molar refractivity (Wildman–Crippen MR) is 238 cm³/mol. The number of rotatable bonds is 11. The summed E-state index contributed by atoms with van der Waals surface area (Å²) in [5, 5.41) is 7.65. The Morgan fingerprint density at radius 1 is 0.698 bits per heavy atom. The Labute approximate surface area is 365 Å². The van der Waals surface area contributed by atoms with Gasteiger partial charge in [0.1, 0.15) is 23.7 Å². The van der Waals surface area contributed by atoms with E-state index in [9.17, 15) is 19.2 Å². The summed E-state index contributed by atoms with van der Waals surface area (Å²) in [6.45, 7) is 5.06. The van der Waals surface area contributed by atoms with Crippen molar-refractivity contribution in [2.75, 3.05) is 27.3 Å². The van der Waals surface area contributed by atoms with Gasteiger partial charge in [-0.2, -0.15) is 0 Å². The molecule has 2 saturated heterocycles. The third-order valence-electron chi connectivity index (χ3n) is 13.0. The van der Waals surface area contributed by atoms with E-state index in [2.05, 4.69) is 81.3 Å². The van der Waals surface area contributed by atoms with Gasteiger partial charge in [-0.1, -0.05) is 92.7 Å². The third kappa shape index (κ3) is 8.37. The number of H-pyrrole nitrogens is 2. The van der Waals surface area contributed by atoms with Crippen LogP contribution in [0.3, 0.4) is 0 Å². The first-order chi connectivity index (χ1) is 30.5. The lowest BCUT2D eigenvalue weighted by Gasteiger charge is -2.30.